The molecule has 1 aliphatic carbocycles. The van der Waals surface area contributed by atoms with Gasteiger partial charge in [-0.15, -0.1) is 0 Å². The summed E-state index contributed by atoms with van der Waals surface area (Å²) in [5, 5.41) is 14.7. The molecule has 1 unspecified atom stereocenters. The number of aromatic nitrogens is 2. The van der Waals surface area contributed by atoms with Gasteiger partial charge in [0.15, 0.2) is 10.9 Å². The van der Waals surface area contributed by atoms with Gasteiger partial charge in [-0.05, 0) is 62.8 Å². The van der Waals surface area contributed by atoms with Crippen LogP contribution in [0.4, 0.5) is 5.13 Å². The van der Waals surface area contributed by atoms with E-state index in [1.165, 1.54) is 0 Å². The van der Waals surface area contributed by atoms with Crippen molar-refractivity contribution < 1.29 is 24.0 Å². The van der Waals surface area contributed by atoms with Crippen molar-refractivity contribution in [2.24, 2.45) is 0 Å². The van der Waals surface area contributed by atoms with Crippen LogP contribution in [0.25, 0.3) is 21.5 Å². The number of piperidine rings is 1. The maximum atomic E-state index is 13.7. The van der Waals surface area contributed by atoms with Crippen LogP contribution in [0.5, 0.6) is 0 Å². The van der Waals surface area contributed by atoms with Crippen LogP contribution in [-0.4, -0.2) is 45.4 Å². The zero-order chi connectivity index (χ0) is 26.8. The zero-order valence-corrected chi connectivity index (χ0v) is 22.7. The van der Waals surface area contributed by atoms with Crippen LogP contribution in [0.1, 0.15) is 82.0 Å². The monoisotopic (exact) mass is 543 g/mol. The number of ether oxygens (including phenoxy) is 1. The second kappa shape index (κ2) is 9.19. The van der Waals surface area contributed by atoms with Crippen LogP contribution in [0.3, 0.4) is 0 Å². The Bertz CT molecular complexity index is 1610. The fourth-order valence-corrected chi connectivity index (χ4v) is 7.54. The SMILES string of the molecule is Cc1ccccc1-c1noc(C2CC2)c1C(=O)OC1C[C@H]2CC[C@@H](C1)N2c1nc2c(C)cc(C(=O)O)cc2s1. The Morgan fingerprint density at radius 1 is 1.05 bits per heavy atom. The van der Waals surface area contributed by atoms with Gasteiger partial charge in [-0.25, -0.2) is 14.6 Å². The van der Waals surface area contributed by atoms with E-state index < -0.39 is 5.97 Å². The molecule has 2 aromatic heterocycles. The third kappa shape index (κ3) is 4.19. The van der Waals surface area contributed by atoms with E-state index in [0.29, 0.717) is 17.0 Å². The number of hydrogen-bond acceptors (Lipinski definition) is 8. The summed E-state index contributed by atoms with van der Waals surface area (Å²) in [5.41, 5.74) is 5.00. The molecule has 2 aromatic carbocycles. The molecule has 3 aliphatic rings. The summed E-state index contributed by atoms with van der Waals surface area (Å²) in [6.45, 7) is 3.92. The number of esters is 1. The van der Waals surface area contributed by atoms with Crippen molar-refractivity contribution in [3.8, 4) is 11.3 Å². The molecule has 1 saturated carbocycles. The number of carbonyl (C=O) groups is 2. The number of aryl methyl sites for hydroxylation is 2. The summed E-state index contributed by atoms with van der Waals surface area (Å²) in [6.07, 6.45) is 5.32. The number of thiazole rings is 1. The Morgan fingerprint density at radius 2 is 1.79 bits per heavy atom. The molecule has 3 atom stereocenters. The Morgan fingerprint density at radius 3 is 2.49 bits per heavy atom. The molecule has 1 N–H and O–H groups in total. The minimum Gasteiger partial charge on any atom is -0.478 e. The molecule has 3 fully saturated rings. The number of carboxylic acids is 1. The van der Waals surface area contributed by atoms with E-state index in [2.05, 4.69) is 10.1 Å². The summed E-state index contributed by atoms with van der Waals surface area (Å²) in [7, 11) is 0. The predicted octanol–water partition coefficient (Wildman–Crippen LogP) is 6.50. The minimum atomic E-state index is -0.930. The normalized spacial score (nSPS) is 22.4. The highest BCUT2D eigenvalue weighted by Gasteiger charge is 2.44. The van der Waals surface area contributed by atoms with E-state index >= 15 is 0 Å². The highest BCUT2D eigenvalue weighted by molar-refractivity contribution is 7.22. The number of benzene rings is 2. The summed E-state index contributed by atoms with van der Waals surface area (Å²) in [4.78, 5) is 32.5. The summed E-state index contributed by atoms with van der Waals surface area (Å²) >= 11 is 1.55. The van der Waals surface area contributed by atoms with E-state index in [9.17, 15) is 14.7 Å². The Hall–Kier alpha value is -3.72. The van der Waals surface area contributed by atoms with E-state index in [0.717, 1.165) is 70.6 Å². The lowest BCUT2D eigenvalue weighted by atomic mass is 9.99. The third-order valence-corrected chi connectivity index (χ3v) is 9.39. The van der Waals surface area contributed by atoms with Crippen LogP contribution < -0.4 is 4.90 Å². The Kier molecular flexibility index (Phi) is 5.73. The van der Waals surface area contributed by atoms with E-state index in [1.807, 2.05) is 38.1 Å². The van der Waals surface area contributed by atoms with Crippen LogP contribution in [0.15, 0.2) is 40.9 Å². The first-order valence-corrected chi connectivity index (χ1v) is 14.4. The minimum absolute atomic E-state index is 0.187. The van der Waals surface area contributed by atoms with Crippen LogP contribution >= 0.6 is 11.3 Å². The number of hydrogen-bond donors (Lipinski definition) is 1. The highest BCUT2D eigenvalue weighted by atomic mass is 32.1. The average Bonchev–Trinajstić information content (AvgIpc) is 3.40. The molecule has 0 spiro atoms. The van der Waals surface area contributed by atoms with E-state index in [1.54, 1.807) is 23.5 Å². The van der Waals surface area contributed by atoms with Crippen molar-refractivity contribution in [1.82, 2.24) is 10.1 Å². The summed E-state index contributed by atoms with van der Waals surface area (Å²) in [5.74, 6) is -0.379. The zero-order valence-electron chi connectivity index (χ0n) is 21.8. The van der Waals surface area contributed by atoms with Crippen LogP contribution in [-0.2, 0) is 4.74 Å². The molecule has 8 nitrogen and oxygen atoms in total. The highest BCUT2D eigenvalue weighted by Crippen LogP contribution is 2.46. The standard InChI is InChI=1S/C30H29N3O5S/c1-15-5-3-4-6-22(15)26-24(27(38-32-26)17-7-8-17)29(36)37-21-13-19-9-10-20(14-21)33(19)30-31-25-16(2)11-18(28(34)35)12-23(25)39-30/h3-6,11-12,17,19-21H,7-10,13-14H2,1-2H3,(H,34,35)/t19-,20+,21?. The van der Waals surface area contributed by atoms with Crippen molar-refractivity contribution in [3.63, 3.8) is 0 Å². The molecule has 2 aliphatic heterocycles. The third-order valence-electron chi connectivity index (χ3n) is 8.38. The predicted molar refractivity (Wildman–Crippen MR) is 148 cm³/mol. The first-order chi connectivity index (χ1) is 18.9. The fraction of sp³-hybridized carbons (Fsp3) is 0.400. The maximum Gasteiger partial charge on any atom is 0.344 e. The van der Waals surface area contributed by atoms with E-state index in [4.69, 9.17) is 14.2 Å². The van der Waals surface area contributed by atoms with Crippen molar-refractivity contribution in [1.29, 1.82) is 0 Å². The smallest absolute Gasteiger partial charge is 0.344 e. The molecule has 0 amide bonds. The molecule has 2 saturated heterocycles. The number of anilines is 1. The molecule has 4 heterocycles. The van der Waals surface area contributed by atoms with Gasteiger partial charge < -0.3 is 19.3 Å². The van der Waals surface area contributed by atoms with Crippen LogP contribution in [0, 0.1) is 13.8 Å². The lowest BCUT2D eigenvalue weighted by Gasteiger charge is -2.38. The van der Waals surface area contributed by atoms with Crippen molar-refractivity contribution in [2.75, 3.05) is 4.90 Å². The fourth-order valence-electron chi connectivity index (χ4n) is 6.31. The van der Waals surface area contributed by atoms with Gasteiger partial charge in [0.25, 0.3) is 0 Å². The van der Waals surface area contributed by atoms with Gasteiger partial charge in [0.05, 0.1) is 15.8 Å². The molecular formula is C30H29N3O5S. The lowest BCUT2D eigenvalue weighted by molar-refractivity contribution is 0.0202. The molecular weight excluding hydrogens is 514 g/mol. The molecule has 2 bridgehead atoms. The number of carboxylic acid groups (broad SMARTS) is 1. The molecule has 4 aromatic rings. The maximum absolute atomic E-state index is 13.7. The molecule has 0 radical (unpaired) electrons. The van der Waals surface area contributed by atoms with Gasteiger partial charge in [-0.2, -0.15) is 0 Å². The lowest BCUT2D eigenvalue weighted by Crippen LogP contribution is -2.46. The van der Waals surface area contributed by atoms with Gasteiger partial charge in [-0.3, -0.25) is 0 Å². The van der Waals surface area contributed by atoms with E-state index in [-0.39, 0.29) is 35.6 Å². The van der Waals surface area contributed by atoms with Gasteiger partial charge in [0, 0.05) is 36.4 Å². The number of fused-ring (bicyclic) bond motifs is 3. The Labute approximate surface area is 229 Å². The first kappa shape index (κ1) is 24.3. The van der Waals surface area contributed by atoms with Gasteiger partial charge in [-0.1, -0.05) is 40.8 Å². The number of nitrogens with zero attached hydrogens (tertiary/aromatic N) is 3. The molecule has 9 heteroatoms. The Balaban J connectivity index is 1.13. The van der Waals surface area contributed by atoms with Crippen LogP contribution in [0.2, 0.25) is 0 Å². The molecule has 39 heavy (non-hydrogen) atoms. The van der Waals surface area contributed by atoms with Gasteiger partial charge >= 0.3 is 11.9 Å². The first-order valence-electron chi connectivity index (χ1n) is 13.6. The number of rotatable bonds is 6. The summed E-state index contributed by atoms with van der Waals surface area (Å²) < 4.78 is 12.8. The van der Waals surface area contributed by atoms with Crippen molar-refractivity contribution in [3.05, 3.63) is 64.4 Å². The summed E-state index contributed by atoms with van der Waals surface area (Å²) in [6, 6.07) is 11.7. The van der Waals surface area contributed by atoms with Crippen molar-refractivity contribution in [2.45, 2.75) is 76.5 Å². The largest absolute Gasteiger partial charge is 0.478 e. The average molecular weight is 544 g/mol. The number of carbonyl (C=O) groups excluding carboxylic acids is 1. The molecule has 200 valence electrons. The van der Waals surface area contributed by atoms with Gasteiger partial charge in [0.1, 0.15) is 17.4 Å². The second-order valence-corrected chi connectivity index (χ2v) is 12.1. The van der Waals surface area contributed by atoms with Gasteiger partial charge in [0.2, 0.25) is 0 Å². The second-order valence-electron chi connectivity index (χ2n) is 11.1. The topological polar surface area (TPSA) is 106 Å². The number of aromatic carboxylic acids is 1. The quantitative estimate of drug-likeness (QED) is 0.275. The van der Waals surface area contributed by atoms with Crippen molar-refractivity contribution >= 4 is 38.6 Å². The molecule has 7 rings (SSSR count).